The number of hydrogen-bond acceptors (Lipinski definition) is 6. The summed E-state index contributed by atoms with van der Waals surface area (Å²) in [5.41, 5.74) is 11.0. The van der Waals surface area contributed by atoms with Crippen LogP contribution < -0.4 is 16.8 Å². The first-order valence-electron chi connectivity index (χ1n) is 4.76. The second kappa shape index (κ2) is 3.75. The number of aromatic nitrogens is 3. The number of nitrogens with zero attached hydrogens (tertiary/aromatic N) is 3. The molecule has 1 aromatic heterocycles. The maximum Gasteiger partial charge on any atom is 0.225 e. The van der Waals surface area contributed by atoms with Gasteiger partial charge in [-0.3, -0.25) is 0 Å². The minimum Gasteiger partial charge on any atom is -0.368 e. The topological polar surface area (TPSA) is 103 Å². The average Bonchev–Trinajstić information content (AvgIpc) is 2.18. The quantitative estimate of drug-likeness (QED) is 0.574. The third-order valence-corrected chi connectivity index (χ3v) is 2.31. The van der Waals surface area contributed by atoms with Crippen LogP contribution in [0.1, 0.15) is 31.1 Å². The molecule has 0 bridgehead atoms. The van der Waals surface area contributed by atoms with Crippen LogP contribution in [0, 0.1) is 0 Å². The summed E-state index contributed by atoms with van der Waals surface area (Å²) >= 11 is 0. The van der Waals surface area contributed by atoms with E-state index in [1.54, 1.807) is 0 Å². The molecule has 76 valence electrons. The molecule has 14 heavy (non-hydrogen) atoms. The molecule has 6 nitrogen and oxygen atoms in total. The summed E-state index contributed by atoms with van der Waals surface area (Å²) in [6.45, 7) is 0.996. The van der Waals surface area contributed by atoms with Gasteiger partial charge in [0.2, 0.25) is 11.9 Å². The Morgan fingerprint density at radius 3 is 2.36 bits per heavy atom. The van der Waals surface area contributed by atoms with Gasteiger partial charge in [0, 0.05) is 0 Å². The van der Waals surface area contributed by atoms with Gasteiger partial charge in [-0.05, 0) is 19.4 Å². The number of nitrogen functional groups attached to an aromatic ring is 2. The van der Waals surface area contributed by atoms with Crippen LogP contribution in [0.2, 0.25) is 0 Å². The zero-order chi connectivity index (χ0) is 9.97. The van der Waals surface area contributed by atoms with E-state index in [9.17, 15) is 0 Å². The van der Waals surface area contributed by atoms with Crippen LogP contribution in [0.5, 0.6) is 0 Å². The van der Waals surface area contributed by atoms with Crippen LogP contribution in [0.4, 0.5) is 11.9 Å². The Bertz CT molecular complexity index is 299. The highest BCUT2D eigenvalue weighted by atomic mass is 15.2. The standard InChI is InChI=1S/C8H14N6/c9-7-12-6(13-8(10)14-7)5-3-1-2-4-11-5/h5,11H,1-4H2,(H4,9,10,12,13,14). The number of hydrogen-bond donors (Lipinski definition) is 3. The second-order valence-electron chi connectivity index (χ2n) is 3.41. The molecule has 0 saturated carbocycles. The normalized spacial score (nSPS) is 22.1. The van der Waals surface area contributed by atoms with Gasteiger partial charge in [-0.25, -0.2) is 0 Å². The van der Waals surface area contributed by atoms with Gasteiger partial charge in [-0.1, -0.05) is 6.42 Å². The fourth-order valence-corrected chi connectivity index (χ4v) is 1.66. The van der Waals surface area contributed by atoms with Gasteiger partial charge in [0.1, 0.15) is 0 Å². The fourth-order valence-electron chi connectivity index (χ4n) is 1.66. The van der Waals surface area contributed by atoms with Crippen molar-refractivity contribution < 1.29 is 0 Å². The van der Waals surface area contributed by atoms with Crippen LogP contribution in [0.25, 0.3) is 0 Å². The van der Waals surface area contributed by atoms with Gasteiger partial charge in [0.25, 0.3) is 0 Å². The van der Waals surface area contributed by atoms with Gasteiger partial charge in [-0.2, -0.15) is 15.0 Å². The van der Waals surface area contributed by atoms with E-state index in [-0.39, 0.29) is 17.9 Å². The highest BCUT2D eigenvalue weighted by molar-refractivity contribution is 5.26. The van der Waals surface area contributed by atoms with E-state index in [1.807, 2.05) is 0 Å². The SMILES string of the molecule is Nc1nc(N)nc(C2CCCCN2)n1. The fraction of sp³-hybridized carbons (Fsp3) is 0.625. The Hall–Kier alpha value is -1.43. The van der Waals surface area contributed by atoms with Crippen molar-refractivity contribution in [2.75, 3.05) is 18.0 Å². The molecule has 1 aromatic rings. The van der Waals surface area contributed by atoms with E-state index in [0.29, 0.717) is 5.82 Å². The zero-order valence-electron chi connectivity index (χ0n) is 7.90. The van der Waals surface area contributed by atoms with Crippen molar-refractivity contribution in [3.8, 4) is 0 Å². The largest absolute Gasteiger partial charge is 0.368 e. The lowest BCUT2D eigenvalue weighted by Crippen LogP contribution is -2.29. The predicted octanol–water partition coefficient (Wildman–Crippen LogP) is -0.149. The summed E-state index contributed by atoms with van der Waals surface area (Å²) in [5, 5.41) is 3.33. The highest BCUT2D eigenvalue weighted by Crippen LogP contribution is 2.20. The van der Waals surface area contributed by atoms with Crippen LogP contribution >= 0.6 is 0 Å². The third-order valence-electron chi connectivity index (χ3n) is 2.31. The van der Waals surface area contributed by atoms with Crippen LogP contribution in [-0.2, 0) is 0 Å². The molecule has 1 aliphatic heterocycles. The van der Waals surface area contributed by atoms with Gasteiger partial charge >= 0.3 is 0 Å². The molecule has 5 N–H and O–H groups in total. The molecule has 2 heterocycles. The van der Waals surface area contributed by atoms with Crippen molar-refractivity contribution in [3.63, 3.8) is 0 Å². The molecule has 0 amide bonds. The number of rotatable bonds is 1. The monoisotopic (exact) mass is 194 g/mol. The van der Waals surface area contributed by atoms with Crippen LogP contribution in [0.3, 0.4) is 0 Å². The van der Waals surface area contributed by atoms with Gasteiger partial charge in [-0.15, -0.1) is 0 Å². The summed E-state index contributed by atoms with van der Waals surface area (Å²) in [6, 6.07) is 0.177. The lowest BCUT2D eigenvalue weighted by molar-refractivity contribution is 0.397. The van der Waals surface area contributed by atoms with Gasteiger partial charge < -0.3 is 16.8 Å². The van der Waals surface area contributed by atoms with Gasteiger partial charge in [0.15, 0.2) is 5.82 Å². The molecule has 1 atom stereocenters. The molecule has 1 aliphatic rings. The van der Waals surface area contributed by atoms with Crippen molar-refractivity contribution in [1.29, 1.82) is 0 Å². The number of nitrogens with two attached hydrogens (primary N) is 2. The molecule has 0 aliphatic carbocycles. The van der Waals surface area contributed by atoms with Crippen molar-refractivity contribution in [1.82, 2.24) is 20.3 Å². The van der Waals surface area contributed by atoms with E-state index >= 15 is 0 Å². The molecule has 2 rings (SSSR count). The van der Waals surface area contributed by atoms with Crippen molar-refractivity contribution in [2.24, 2.45) is 0 Å². The van der Waals surface area contributed by atoms with Crippen molar-refractivity contribution >= 4 is 11.9 Å². The molecule has 0 aromatic carbocycles. The zero-order valence-corrected chi connectivity index (χ0v) is 7.90. The van der Waals surface area contributed by atoms with Gasteiger partial charge in [0.05, 0.1) is 6.04 Å². The third kappa shape index (κ3) is 1.90. The van der Waals surface area contributed by atoms with E-state index in [4.69, 9.17) is 11.5 Å². The Balaban J connectivity index is 2.21. The maximum absolute atomic E-state index is 5.50. The molecule has 0 spiro atoms. The molecule has 6 heteroatoms. The number of nitrogens with one attached hydrogen (secondary N) is 1. The molecular formula is C8H14N6. The Morgan fingerprint density at radius 2 is 1.79 bits per heavy atom. The smallest absolute Gasteiger partial charge is 0.225 e. The summed E-state index contributed by atoms with van der Waals surface area (Å²) < 4.78 is 0. The van der Waals surface area contributed by atoms with Crippen LogP contribution in [0.15, 0.2) is 0 Å². The second-order valence-corrected chi connectivity index (χ2v) is 3.41. The maximum atomic E-state index is 5.50. The first-order valence-corrected chi connectivity index (χ1v) is 4.76. The lowest BCUT2D eigenvalue weighted by Gasteiger charge is -2.21. The number of piperidine rings is 1. The first-order chi connectivity index (χ1) is 6.75. The first kappa shape index (κ1) is 9.14. The summed E-state index contributed by atoms with van der Waals surface area (Å²) in [7, 11) is 0. The van der Waals surface area contributed by atoms with Crippen molar-refractivity contribution in [3.05, 3.63) is 5.82 Å². The number of anilines is 2. The van der Waals surface area contributed by atoms with E-state index in [1.165, 1.54) is 12.8 Å². The minimum absolute atomic E-state index is 0.177. The van der Waals surface area contributed by atoms with E-state index in [2.05, 4.69) is 20.3 Å². The van der Waals surface area contributed by atoms with E-state index in [0.717, 1.165) is 13.0 Å². The summed E-state index contributed by atoms with van der Waals surface area (Å²) in [4.78, 5) is 11.9. The van der Waals surface area contributed by atoms with E-state index < -0.39 is 0 Å². The minimum atomic E-state index is 0.177. The Labute approximate surface area is 82.1 Å². The molecular weight excluding hydrogens is 180 g/mol. The molecule has 1 saturated heterocycles. The Kier molecular flexibility index (Phi) is 2.45. The molecule has 0 radical (unpaired) electrons. The highest BCUT2D eigenvalue weighted by Gasteiger charge is 2.18. The average molecular weight is 194 g/mol. The Morgan fingerprint density at radius 1 is 1.07 bits per heavy atom. The summed E-state index contributed by atoms with van der Waals surface area (Å²) in [6.07, 6.45) is 3.42. The molecule has 1 fully saturated rings. The molecule has 1 unspecified atom stereocenters. The summed E-state index contributed by atoms with van der Waals surface area (Å²) in [5.74, 6) is 1.05. The predicted molar refractivity (Wildman–Crippen MR) is 53.2 cm³/mol. The van der Waals surface area contributed by atoms with Crippen LogP contribution in [-0.4, -0.2) is 21.5 Å². The lowest BCUT2D eigenvalue weighted by atomic mass is 10.0. The van der Waals surface area contributed by atoms with Crippen molar-refractivity contribution in [2.45, 2.75) is 25.3 Å².